The van der Waals surface area contributed by atoms with Crippen molar-refractivity contribution in [3.05, 3.63) is 23.5 Å². The van der Waals surface area contributed by atoms with Gasteiger partial charge in [0.05, 0.1) is 5.56 Å². The SMILES string of the molecule is O=C(O)c1cc(F)c2c(c1)nnn2C(C(F)(F)F)C(F)(F)F. The van der Waals surface area contributed by atoms with Crippen molar-refractivity contribution in [3.8, 4) is 0 Å². The van der Waals surface area contributed by atoms with Crippen LogP contribution < -0.4 is 0 Å². The number of carbonyl (C=O) groups is 1. The number of nitrogens with zero attached hydrogens (tertiary/aromatic N) is 3. The Morgan fingerprint density at radius 1 is 1.14 bits per heavy atom. The van der Waals surface area contributed by atoms with E-state index in [2.05, 4.69) is 10.3 Å². The molecule has 1 N–H and O–H groups in total. The van der Waals surface area contributed by atoms with Gasteiger partial charge in [0.1, 0.15) is 11.0 Å². The molecular formula is C10H4F7N3O2. The van der Waals surface area contributed by atoms with Crippen molar-refractivity contribution in [2.75, 3.05) is 0 Å². The van der Waals surface area contributed by atoms with E-state index < -0.39 is 51.5 Å². The Kier molecular flexibility index (Phi) is 3.50. The predicted octanol–water partition coefficient (Wildman–Crippen LogP) is 2.93. The zero-order chi connectivity index (χ0) is 16.9. The van der Waals surface area contributed by atoms with Gasteiger partial charge in [-0.2, -0.15) is 26.3 Å². The Morgan fingerprint density at radius 3 is 2.14 bits per heavy atom. The molecule has 22 heavy (non-hydrogen) atoms. The smallest absolute Gasteiger partial charge is 0.419 e. The van der Waals surface area contributed by atoms with Gasteiger partial charge in [-0.25, -0.2) is 13.9 Å². The second-order valence-electron chi connectivity index (χ2n) is 4.15. The maximum Gasteiger partial charge on any atom is 0.419 e. The Hall–Kier alpha value is -2.40. The number of rotatable bonds is 2. The first-order valence-electron chi connectivity index (χ1n) is 5.34. The third-order valence-corrected chi connectivity index (χ3v) is 2.63. The molecule has 12 heteroatoms. The number of hydrogen-bond acceptors (Lipinski definition) is 3. The Bertz CT molecular complexity index is 720. The summed E-state index contributed by atoms with van der Waals surface area (Å²) in [6.07, 6.45) is -11.6. The van der Waals surface area contributed by atoms with Crippen LogP contribution in [0.15, 0.2) is 12.1 Å². The van der Waals surface area contributed by atoms with E-state index in [9.17, 15) is 35.5 Å². The topological polar surface area (TPSA) is 68.0 Å². The van der Waals surface area contributed by atoms with Gasteiger partial charge in [0.25, 0.3) is 0 Å². The summed E-state index contributed by atoms with van der Waals surface area (Å²) >= 11 is 0. The van der Waals surface area contributed by atoms with Crippen LogP contribution in [-0.2, 0) is 0 Å². The molecule has 0 radical (unpaired) electrons. The van der Waals surface area contributed by atoms with Crippen molar-refractivity contribution < 1.29 is 40.6 Å². The number of aromatic nitrogens is 3. The number of carboxylic acids is 1. The normalized spacial score (nSPS) is 13.1. The average molecular weight is 331 g/mol. The van der Waals surface area contributed by atoms with Crippen LogP contribution in [0.25, 0.3) is 11.0 Å². The first-order chi connectivity index (χ1) is 9.93. The molecule has 0 aliphatic rings. The van der Waals surface area contributed by atoms with Crippen molar-refractivity contribution in [2.24, 2.45) is 0 Å². The highest BCUT2D eigenvalue weighted by Gasteiger charge is 2.59. The number of hydrogen-bond donors (Lipinski definition) is 1. The lowest BCUT2D eigenvalue weighted by Gasteiger charge is -2.23. The van der Waals surface area contributed by atoms with E-state index in [-0.39, 0.29) is 6.07 Å². The van der Waals surface area contributed by atoms with Gasteiger partial charge in [0, 0.05) is 0 Å². The molecule has 0 spiro atoms. The number of carboxylic acid groups (broad SMARTS) is 1. The van der Waals surface area contributed by atoms with Gasteiger partial charge in [-0.1, -0.05) is 5.21 Å². The van der Waals surface area contributed by atoms with Crippen LogP contribution in [0.3, 0.4) is 0 Å². The highest BCUT2D eigenvalue weighted by molar-refractivity contribution is 5.92. The van der Waals surface area contributed by atoms with E-state index >= 15 is 0 Å². The number of alkyl halides is 6. The summed E-state index contributed by atoms with van der Waals surface area (Å²) in [4.78, 5) is 10.7. The van der Waals surface area contributed by atoms with E-state index in [1.165, 1.54) is 0 Å². The van der Waals surface area contributed by atoms with Crippen molar-refractivity contribution in [1.29, 1.82) is 0 Å². The van der Waals surface area contributed by atoms with Crippen molar-refractivity contribution in [2.45, 2.75) is 18.4 Å². The van der Waals surface area contributed by atoms with Gasteiger partial charge in [-0.3, -0.25) is 0 Å². The maximum atomic E-state index is 13.7. The summed E-state index contributed by atoms with van der Waals surface area (Å²) < 4.78 is 88.8. The largest absolute Gasteiger partial charge is 0.478 e. The third-order valence-electron chi connectivity index (χ3n) is 2.63. The molecule has 0 bridgehead atoms. The van der Waals surface area contributed by atoms with Crippen LogP contribution in [0.2, 0.25) is 0 Å². The highest BCUT2D eigenvalue weighted by atomic mass is 19.4. The van der Waals surface area contributed by atoms with E-state index in [4.69, 9.17) is 5.11 Å². The van der Waals surface area contributed by atoms with Crippen LogP contribution in [0.4, 0.5) is 30.7 Å². The molecule has 0 saturated carbocycles. The van der Waals surface area contributed by atoms with Crippen molar-refractivity contribution in [1.82, 2.24) is 15.0 Å². The summed E-state index contributed by atoms with van der Waals surface area (Å²) in [6.45, 7) is 0. The minimum absolute atomic E-state index is 0.286. The molecule has 0 aliphatic heterocycles. The van der Waals surface area contributed by atoms with Crippen molar-refractivity contribution >= 4 is 17.0 Å². The van der Waals surface area contributed by atoms with Crippen LogP contribution >= 0.6 is 0 Å². The molecular weight excluding hydrogens is 327 g/mol. The second kappa shape index (κ2) is 4.81. The monoisotopic (exact) mass is 331 g/mol. The van der Waals surface area contributed by atoms with E-state index in [1.54, 1.807) is 0 Å². The lowest BCUT2D eigenvalue weighted by atomic mass is 10.1. The summed E-state index contributed by atoms with van der Waals surface area (Å²) in [6, 6.07) is -3.20. The van der Waals surface area contributed by atoms with Crippen molar-refractivity contribution in [3.63, 3.8) is 0 Å². The Balaban J connectivity index is 2.73. The fourth-order valence-corrected chi connectivity index (χ4v) is 1.80. The molecule has 5 nitrogen and oxygen atoms in total. The first kappa shape index (κ1) is 16.0. The number of benzene rings is 1. The van der Waals surface area contributed by atoms with Crippen LogP contribution in [0, 0.1) is 5.82 Å². The predicted molar refractivity (Wildman–Crippen MR) is 55.6 cm³/mol. The lowest BCUT2D eigenvalue weighted by molar-refractivity contribution is -0.276. The first-order valence-corrected chi connectivity index (χ1v) is 5.34. The summed E-state index contributed by atoms with van der Waals surface area (Å²) in [5.74, 6) is -3.24. The van der Waals surface area contributed by atoms with Gasteiger partial charge in [0.2, 0.25) is 6.04 Å². The zero-order valence-corrected chi connectivity index (χ0v) is 10.1. The molecule has 0 saturated heterocycles. The molecule has 0 unspecified atom stereocenters. The quantitative estimate of drug-likeness (QED) is 0.859. The molecule has 1 aromatic carbocycles. The van der Waals surface area contributed by atoms with Crippen LogP contribution in [-0.4, -0.2) is 38.4 Å². The standard InChI is InChI=1S/C10H4F7N3O2/c11-4-1-3(7(21)22)2-5-6(4)20(19-18-5)8(9(12,13)14)10(15,16)17/h1-2,8H,(H,21,22). The molecule has 2 rings (SSSR count). The summed E-state index contributed by atoms with van der Waals surface area (Å²) in [5.41, 5.74) is -2.62. The molecule has 0 atom stereocenters. The average Bonchev–Trinajstić information content (AvgIpc) is 2.69. The number of aromatic carboxylic acids is 1. The molecule has 120 valence electrons. The van der Waals surface area contributed by atoms with Gasteiger partial charge in [-0.15, -0.1) is 5.10 Å². The zero-order valence-electron chi connectivity index (χ0n) is 10.1. The number of halogens is 7. The molecule has 0 aliphatic carbocycles. The minimum Gasteiger partial charge on any atom is -0.478 e. The maximum absolute atomic E-state index is 13.7. The van der Waals surface area contributed by atoms with E-state index in [1.807, 2.05) is 0 Å². The van der Waals surface area contributed by atoms with E-state index in [0.29, 0.717) is 6.07 Å². The molecule has 0 fully saturated rings. The number of fused-ring (bicyclic) bond motifs is 1. The molecule has 1 heterocycles. The molecule has 0 amide bonds. The fourth-order valence-electron chi connectivity index (χ4n) is 1.80. The Morgan fingerprint density at radius 2 is 1.68 bits per heavy atom. The lowest BCUT2D eigenvalue weighted by Crippen LogP contribution is -2.39. The van der Waals surface area contributed by atoms with Gasteiger partial charge in [0.15, 0.2) is 5.82 Å². The molecule has 1 aromatic heterocycles. The van der Waals surface area contributed by atoms with Gasteiger partial charge < -0.3 is 5.11 Å². The van der Waals surface area contributed by atoms with Gasteiger partial charge in [-0.05, 0) is 12.1 Å². The van der Waals surface area contributed by atoms with Crippen LogP contribution in [0.1, 0.15) is 16.4 Å². The minimum atomic E-state index is -5.79. The summed E-state index contributed by atoms with van der Waals surface area (Å²) in [7, 11) is 0. The fraction of sp³-hybridized carbons (Fsp3) is 0.300. The second-order valence-corrected chi connectivity index (χ2v) is 4.15. The van der Waals surface area contributed by atoms with Gasteiger partial charge >= 0.3 is 18.3 Å². The summed E-state index contributed by atoms with van der Waals surface area (Å²) in [5, 5.41) is 14.3. The van der Waals surface area contributed by atoms with Crippen LogP contribution in [0.5, 0.6) is 0 Å². The highest BCUT2D eigenvalue weighted by Crippen LogP contribution is 2.43. The third kappa shape index (κ3) is 2.67. The molecule has 2 aromatic rings. The Labute approximate surface area is 115 Å². The van der Waals surface area contributed by atoms with E-state index in [0.717, 1.165) is 0 Å².